The number of imide groups is 2. The predicted molar refractivity (Wildman–Crippen MR) is 115 cm³/mol. The van der Waals surface area contributed by atoms with Gasteiger partial charge in [0.2, 0.25) is 0 Å². The largest absolute Gasteiger partial charge is 0.414 e. The Morgan fingerprint density at radius 1 is 0.824 bits per heavy atom. The number of hydrogen-bond donors (Lipinski definition) is 0. The molecule has 0 saturated heterocycles. The fourth-order valence-electron chi connectivity index (χ4n) is 4.07. The summed E-state index contributed by atoms with van der Waals surface area (Å²) < 4.78 is 0. The summed E-state index contributed by atoms with van der Waals surface area (Å²) in [5.74, 6) is -4.94. The molecular formula is C22H15N5O7. The van der Waals surface area contributed by atoms with Gasteiger partial charge in [0.1, 0.15) is 6.10 Å². The maximum absolute atomic E-state index is 12.8. The van der Waals surface area contributed by atoms with Crippen LogP contribution in [0.2, 0.25) is 0 Å². The van der Waals surface area contributed by atoms with Crippen molar-refractivity contribution in [2.24, 2.45) is 9.98 Å². The minimum Gasteiger partial charge on any atom is -0.272 e. The smallest absolute Gasteiger partial charge is 0.272 e. The van der Waals surface area contributed by atoms with E-state index in [0.29, 0.717) is 5.06 Å². The van der Waals surface area contributed by atoms with Crippen molar-refractivity contribution < 1.29 is 28.9 Å². The molecule has 0 spiro atoms. The highest BCUT2D eigenvalue weighted by Gasteiger charge is 2.49. The molecule has 0 saturated carbocycles. The number of fused-ring (bicyclic) bond motifs is 2. The Morgan fingerprint density at radius 3 is 1.71 bits per heavy atom. The Balaban J connectivity index is 1.46. The van der Waals surface area contributed by atoms with Crippen molar-refractivity contribution in [3.05, 3.63) is 80.9 Å². The number of hydroxylamine groups is 2. The minimum absolute atomic E-state index is 0.105. The third-order valence-corrected chi connectivity index (χ3v) is 5.70. The maximum Gasteiger partial charge on any atom is 0.414 e. The van der Waals surface area contributed by atoms with E-state index in [1.54, 1.807) is 24.3 Å². The highest BCUT2D eigenvalue weighted by Crippen LogP contribution is 2.30. The fourth-order valence-corrected chi connectivity index (χ4v) is 4.07. The van der Waals surface area contributed by atoms with Crippen LogP contribution in [0.3, 0.4) is 0 Å². The van der Waals surface area contributed by atoms with Crippen molar-refractivity contribution in [3.63, 3.8) is 0 Å². The first-order valence-electron chi connectivity index (χ1n) is 10.2. The van der Waals surface area contributed by atoms with E-state index >= 15 is 0 Å². The lowest BCUT2D eigenvalue weighted by molar-refractivity contribution is -0.568. The normalized spacial score (nSPS) is 18.6. The zero-order chi connectivity index (χ0) is 24.0. The van der Waals surface area contributed by atoms with E-state index in [1.807, 2.05) is 0 Å². The Kier molecular flexibility index (Phi) is 4.87. The van der Waals surface area contributed by atoms with Gasteiger partial charge in [-0.1, -0.05) is 24.3 Å². The molecule has 0 aliphatic carbocycles. The second-order valence-electron chi connectivity index (χ2n) is 7.74. The topological polar surface area (TPSA) is 152 Å². The second-order valence-corrected chi connectivity index (χ2v) is 7.74. The van der Waals surface area contributed by atoms with Crippen LogP contribution in [0.1, 0.15) is 47.9 Å². The van der Waals surface area contributed by atoms with E-state index in [2.05, 4.69) is 9.98 Å². The van der Waals surface area contributed by atoms with Gasteiger partial charge in [-0.3, -0.25) is 39.0 Å². The number of hydrogen-bond acceptors (Lipinski definition) is 9. The van der Waals surface area contributed by atoms with E-state index < -0.39 is 53.4 Å². The van der Waals surface area contributed by atoms with E-state index in [1.165, 1.54) is 24.3 Å². The standard InChI is InChI=1S/C22H15N5O7/c28-18-14-5-1-2-6-15(14)19(29)25(18)12-13(11-22(27(32)33)23-9-10-24-22)34-26-20(30)16-7-3-4-8-17(16)21(26)31/h1-10,13H,11-12H2/t13-/m0/s1. The summed E-state index contributed by atoms with van der Waals surface area (Å²) in [5, 5.41) is 12.3. The monoisotopic (exact) mass is 461 g/mol. The molecule has 0 unspecified atom stereocenters. The molecule has 170 valence electrons. The van der Waals surface area contributed by atoms with Crippen LogP contribution in [0.25, 0.3) is 0 Å². The summed E-state index contributed by atoms with van der Waals surface area (Å²) in [6.07, 6.45) is 0.379. The van der Waals surface area contributed by atoms with Gasteiger partial charge in [-0.2, -0.15) is 9.98 Å². The number of benzene rings is 2. The summed E-state index contributed by atoms with van der Waals surface area (Å²) in [4.78, 5) is 76.4. The van der Waals surface area contributed by atoms with Crippen molar-refractivity contribution >= 4 is 36.1 Å². The quantitative estimate of drug-likeness (QED) is 0.343. The number of nitro groups is 1. The molecule has 12 nitrogen and oxygen atoms in total. The third-order valence-electron chi connectivity index (χ3n) is 5.70. The van der Waals surface area contributed by atoms with E-state index in [-0.39, 0.29) is 22.3 Å². The van der Waals surface area contributed by atoms with E-state index in [4.69, 9.17) is 4.84 Å². The number of nitrogens with zero attached hydrogens (tertiary/aromatic N) is 5. The van der Waals surface area contributed by atoms with Crippen molar-refractivity contribution in [1.29, 1.82) is 0 Å². The summed E-state index contributed by atoms with van der Waals surface area (Å²) >= 11 is 0. The summed E-state index contributed by atoms with van der Waals surface area (Å²) in [6.45, 7) is -0.472. The van der Waals surface area contributed by atoms with Crippen LogP contribution in [0, 0.1) is 10.1 Å². The third kappa shape index (κ3) is 3.19. The number of carbonyl (C=O) groups excluding carboxylic acids is 4. The molecule has 0 N–H and O–H groups in total. The highest BCUT2D eigenvalue weighted by molar-refractivity contribution is 6.22. The number of rotatable bonds is 7. The van der Waals surface area contributed by atoms with Gasteiger partial charge in [-0.05, 0) is 24.3 Å². The van der Waals surface area contributed by atoms with Gasteiger partial charge in [0.05, 0.1) is 40.1 Å². The minimum atomic E-state index is -2.18. The lowest BCUT2D eigenvalue weighted by atomic mass is 10.1. The average Bonchev–Trinajstić information content (AvgIpc) is 3.48. The zero-order valence-electron chi connectivity index (χ0n) is 17.4. The molecule has 2 aromatic carbocycles. The predicted octanol–water partition coefficient (Wildman–Crippen LogP) is 1.35. The molecule has 3 aliphatic rings. The molecule has 0 aromatic heterocycles. The van der Waals surface area contributed by atoms with Gasteiger partial charge in [0, 0.05) is 12.4 Å². The van der Waals surface area contributed by atoms with Gasteiger partial charge in [0.25, 0.3) is 23.6 Å². The zero-order valence-corrected chi connectivity index (χ0v) is 17.4. The first-order valence-corrected chi connectivity index (χ1v) is 10.2. The first-order chi connectivity index (χ1) is 16.3. The molecule has 1 atom stereocenters. The van der Waals surface area contributed by atoms with Crippen LogP contribution in [-0.4, -0.2) is 69.4 Å². The van der Waals surface area contributed by atoms with Crippen LogP contribution in [0.4, 0.5) is 0 Å². The molecule has 3 aliphatic heterocycles. The van der Waals surface area contributed by atoms with Gasteiger partial charge >= 0.3 is 5.79 Å². The lowest BCUT2D eigenvalue weighted by Crippen LogP contribution is -2.47. The van der Waals surface area contributed by atoms with Crippen LogP contribution < -0.4 is 0 Å². The second kappa shape index (κ2) is 7.78. The first kappa shape index (κ1) is 21.3. The van der Waals surface area contributed by atoms with Gasteiger partial charge in [-0.25, -0.2) is 0 Å². The molecule has 3 heterocycles. The summed E-state index contributed by atoms with van der Waals surface area (Å²) in [6, 6.07) is 12.2. The van der Waals surface area contributed by atoms with Crippen molar-refractivity contribution in [1.82, 2.24) is 9.96 Å². The molecular weight excluding hydrogens is 446 g/mol. The Morgan fingerprint density at radius 2 is 1.26 bits per heavy atom. The average molecular weight is 461 g/mol. The van der Waals surface area contributed by atoms with Crippen molar-refractivity contribution in [2.45, 2.75) is 18.3 Å². The summed E-state index contributed by atoms with van der Waals surface area (Å²) in [5.41, 5.74) is 0.557. The van der Waals surface area contributed by atoms with Crippen LogP contribution in [-0.2, 0) is 4.84 Å². The molecule has 34 heavy (non-hydrogen) atoms. The molecule has 5 rings (SSSR count). The molecule has 0 bridgehead atoms. The molecule has 2 aromatic rings. The van der Waals surface area contributed by atoms with E-state index in [9.17, 15) is 29.3 Å². The SMILES string of the molecule is O=C1c2ccccc2C(=O)N1C[C@H](CC1([N+](=O)[O-])N=CC=N1)ON1C(=O)c2ccccc2C1=O. The fraction of sp³-hybridized carbons (Fsp3) is 0.182. The van der Waals surface area contributed by atoms with Crippen molar-refractivity contribution in [2.75, 3.05) is 6.54 Å². The Labute approximate surface area is 191 Å². The summed E-state index contributed by atoms with van der Waals surface area (Å²) in [7, 11) is 0. The molecule has 0 fully saturated rings. The number of amides is 4. The van der Waals surface area contributed by atoms with Crippen LogP contribution in [0.5, 0.6) is 0 Å². The van der Waals surface area contributed by atoms with Crippen LogP contribution >= 0.6 is 0 Å². The lowest BCUT2D eigenvalue weighted by Gasteiger charge is -2.27. The highest BCUT2D eigenvalue weighted by atomic mass is 16.7. The Hall–Kier alpha value is -4.58. The van der Waals surface area contributed by atoms with Crippen molar-refractivity contribution in [3.8, 4) is 0 Å². The number of aliphatic imine (C=N–C) groups is 2. The number of carbonyl (C=O) groups is 4. The molecule has 4 amide bonds. The Bertz CT molecular complexity index is 1170. The maximum atomic E-state index is 12.8. The van der Waals surface area contributed by atoms with E-state index in [0.717, 1.165) is 17.3 Å². The van der Waals surface area contributed by atoms with Crippen LogP contribution in [0.15, 0.2) is 58.5 Å². The molecule has 0 radical (unpaired) electrons. The van der Waals surface area contributed by atoms with Gasteiger partial charge in [-0.15, -0.1) is 5.06 Å². The van der Waals surface area contributed by atoms with Gasteiger partial charge < -0.3 is 0 Å². The van der Waals surface area contributed by atoms with Gasteiger partial charge in [0.15, 0.2) is 0 Å². The molecule has 12 heteroatoms.